The molecule has 0 aliphatic carbocycles. The van der Waals surface area contributed by atoms with Crippen LogP contribution in [0.1, 0.15) is 0 Å². The van der Waals surface area contributed by atoms with E-state index in [9.17, 15) is 0 Å². The Morgan fingerprint density at radius 2 is 0.306 bits per heavy atom. The summed E-state index contributed by atoms with van der Waals surface area (Å²) < 4.78 is 0. The summed E-state index contributed by atoms with van der Waals surface area (Å²) in [5, 5.41) is 27.7. The quantitative estimate of drug-likeness (QED) is 0.0947. The molecule has 0 saturated carbocycles. The van der Waals surface area contributed by atoms with Crippen LogP contribution in [0.3, 0.4) is 0 Å². The number of rotatable bonds is 15. The minimum Gasteiger partial charge on any atom is -0.377 e. The molecule has 0 atom stereocenters. The van der Waals surface area contributed by atoms with Crippen molar-refractivity contribution in [2.24, 2.45) is 0 Å². The van der Waals surface area contributed by atoms with Gasteiger partial charge in [-0.25, -0.2) is 0 Å². The molecule has 0 unspecified atom stereocenters. The fourth-order valence-corrected chi connectivity index (χ4v) is 23.0. The van der Waals surface area contributed by atoms with Gasteiger partial charge in [-0.1, -0.05) is 382 Å². The van der Waals surface area contributed by atoms with Crippen LogP contribution in [0, 0.1) is 0 Å². The first-order valence-corrected chi connectivity index (χ1v) is 41.0. The van der Waals surface area contributed by atoms with Gasteiger partial charge in [-0.05, 0) is 154 Å². The molecule has 3 nitrogen and oxygen atoms in total. The van der Waals surface area contributed by atoms with E-state index in [0.717, 1.165) is 0 Å². The molecule has 0 aliphatic heterocycles. The lowest BCUT2D eigenvalue weighted by molar-refractivity contribution is 1.14. The van der Waals surface area contributed by atoms with E-state index >= 15 is 0 Å². The van der Waals surface area contributed by atoms with E-state index in [0.29, 0.717) is 0 Å². The van der Waals surface area contributed by atoms with Gasteiger partial charge in [-0.15, -0.1) is 0 Å². The highest BCUT2D eigenvalue weighted by Crippen LogP contribution is 2.49. The molecule has 0 bridgehead atoms. The van der Waals surface area contributed by atoms with E-state index in [1.807, 2.05) is 0 Å². The first-order valence-electron chi connectivity index (χ1n) is 37.0. The normalized spacial score (nSPS) is 11.3. The van der Waals surface area contributed by atoms with Crippen LogP contribution < -0.4 is 62.4 Å². The highest BCUT2D eigenvalue weighted by atomic mass is 31.1. The molecule has 0 radical (unpaired) electrons. The van der Waals surface area contributed by atoms with Gasteiger partial charge in [-0.3, -0.25) is 0 Å². The van der Waals surface area contributed by atoms with E-state index in [1.165, 1.54) is 163 Å². The number of anilines is 3. The highest BCUT2D eigenvalue weighted by Gasteiger charge is 2.29. The third-order valence-corrected chi connectivity index (χ3v) is 27.9. The van der Waals surface area contributed by atoms with Crippen LogP contribution in [-0.4, -0.2) is 42.3 Å². The maximum Gasteiger partial charge on any atom is 0.0447 e. The zero-order valence-electron chi connectivity index (χ0n) is 61.8. The Hall–Kier alpha value is -11.8. The molecule has 108 heavy (non-hydrogen) atoms. The van der Waals surface area contributed by atoms with Gasteiger partial charge >= 0.3 is 0 Å². The molecule has 0 fully saturated rings. The molecule has 0 amide bonds. The predicted molar refractivity (Wildman–Crippen MR) is 480 cm³/mol. The van der Waals surface area contributed by atoms with Crippen molar-refractivity contribution < 1.29 is 0 Å². The zero-order valence-corrected chi connectivity index (χ0v) is 64.5. The van der Waals surface area contributed by atoms with Crippen molar-refractivity contribution in [3.8, 4) is 33.4 Å². The Bertz CT molecular complexity index is 5450. The maximum absolute atomic E-state index is 2.38. The summed E-state index contributed by atoms with van der Waals surface area (Å²) in [5.74, 6) is 0. The number of fused-ring (bicyclic) bond motifs is 6. The second kappa shape index (κ2) is 32.1. The van der Waals surface area contributed by atoms with Crippen LogP contribution in [0.5, 0.6) is 0 Å². The lowest BCUT2D eigenvalue weighted by atomic mass is 9.92. The fourth-order valence-electron chi connectivity index (χ4n) is 15.6. The molecule has 18 aromatic rings. The summed E-state index contributed by atoms with van der Waals surface area (Å²) in [6.07, 6.45) is 0. The monoisotopic (exact) mass is 1440 g/mol. The second-order valence-electron chi connectivity index (χ2n) is 27.8. The Labute approximate surface area is 639 Å². The first kappa shape index (κ1) is 70.5. The zero-order chi connectivity index (χ0) is 73.5. The standard InChI is InChI=1S/3C34H28NP/c3*1-35(2)31-23-21-25-13-9-11-19-29(25)33(31)34-30-20-12-10-14-26(30)22-24-32(34)36(27-15-5-3-6-16-27)28-17-7-4-8-18-28/h3*3-24H,1-2H3. The topological polar surface area (TPSA) is 9.72 Å². The summed E-state index contributed by atoms with van der Waals surface area (Å²) in [7, 11) is 10.6. The molecule has 0 aromatic heterocycles. The van der Waals surface area contributed by atoms with Crippen LogP contribution in [0.25, 0.3) is 98.0 Å². The van der Waals surface area contributed by atoms with Crippen molar-refractivity contribution in [1.29, 1.82) is 0 Å². The number of nitrogens with zero attached hydrogens (tertiary/aromatic N) is 3. The Morgan fingerprint density at radius 1 is 0.148 bits per heavy atom. The number of benzene rings is 18. The van der Waals surface area contributed by atoms with Crippen molar-refractivity contribution in [1.82, 2.24) is 0 Å². The molecule has 0 aliphatic rings. The molecule has 0 heterocycles. The van der Waals surface area contributed by atoms with E-state index in [-0.39, 0.29) is 0 Å². The summed E-state index contributed by atoms with van der Waals surface area (Å²) >= 11 is 0. The van der Waals surface area contributed by atoms with Gasteiger partial charge < -0.3 is 14.7 Å². The molecular weight excluding hydrogens is 1360 g/mol. The van der Waals surface area contributed by atoms with Gasteiger partial charge in [-0.2, -0.15) is 0 Å². The molecule has 6 heteroatoms. The molecule has 18 aromatic carbocycles. The van der Waals surface area contributed by atoms with Crippen LogP contribution in [0.4, 0.5) is 17.1 Å². The van der Waals surface area contributed by atoms with Crippen molar-refractivity contribution in [3.05, 3.63) is 400 Å². The SMILES string of the molecule is CN(C)c1ccc2ccccc2c1-c1c(P(c2ccccc2)c2ccccc2)ccc2ccccc12.CN(C)c1ccc2ccccc2c1-c1c(P(c2ccccc2)c2ccccc2)ccc2ccccc12.CN(C)c1ccc2ccccc2c1-c1c(P(c2ccccc2)c2ccccc2)ccc2ccccc12. The van der Waals surface area contributed by atoms with Crippen LogP contribution >= 0.6 is 23.8 Å². The third-order valence-electron chi connectivity index (χ3n) is 20.4. The van der Waals surface area contributed by atoms with Gasteiger partial charge in [0.2, 0.25) is 0 Å². The molecule has 18 rings (SSSR count). The summed E-state index contributed by atoms with van der Waals surface area (Å²) in [4.78, 5) is 6.75. The van der Waals surface area contributed by atoms with Crippen molar-refractivity contribution >= 4 is 153 Å². The number of hydrogen-bond acceptors (Lipinski definition) is 3. The average molecular weight is 1440 g/mol. The maximum atomic E-state index is 2.38. The molecule has 0 N–H and O–H groups in total. The van der Waals surface area contributed by atoms with Crippen molar-refractivity contribution in [2.75, 3.05) is 57.0 Å². The van der Waals surface area contributed by atoms with E-state index in [1.54, 1.807) is 0 Å². The van der Waals surface area contributed by atoms with Gasteiger partial charge in [0.15, 0.2) is 0 Å². The van der Waals surface area contributed by atoms with Crippen molar-refractivity contribution in [3.63, 3.8) is 0 Å². The van der Waals surface area contributed by atoms with E-state index in [4.69, 9.17) is 0 Å². The summed E-state index contributed by atoms with van der Waals surface area (Å²) in [6.45, 7) is 0. The minimum absolute atomic E-state index is 0.769. The van der Waals surface area contributed by atoms with Crippen LogP contribution in [0.15, 0.2) is 400 Å². The first-order chi connectivity index (χ1) is 53.2. The highest BCUT2D eigenvalue weighted by molar-refractivity contribution is 7.81. The Morgan fingerprint density at radius 3 is 0.491 bits per heavy atom. The van der Waals surface area contributed by atoms with Gasteiger partial charge in [0, 0.05) is 92.7 Å². The predicted octanol–water partition coefficient (Wildman–Crippen LogP) is 22.5. The molecular formula is C102H84N3P3. The van der Waals surface area contributed by atoms with Gasteiger partial charge in [0.25, 0.3) is 0 Å². The summed E-state index contributed by atoms with van der Waals surface area (Å²) in [6, 6.07) is 147. The molecule has 0 saturated heterocycles. The van der Waals surface area contributed by atoms with Crippen molar-refractivity contribution in [2.45, 2.75) is 0 Å². The Kier molecular flexibility index (Phi) is 21.0. The molecule has 522 valence electrons. The lowest BCUT2D eigenvalue weighted by Crippen LogP contribution is -2.23. The number of hydrogen-bond donors (Lipinski definition) is 0. The van der Waals surface area contributed by atoms with Crippen LogP contribution in [-0.2, 0) is 0 Å². The lowest BCUT2D eigenvalue weighted by Gasteiger charge is -2.27. The summed E-state index contributed by atoms with van der Waals surface area (Å²) in [5.41, 5.74) is 11.7. The Balaban J connectivity index is 0.000000124. The minimum atomic E-state index is -0.769. The van der Waals surface area contributed by atoms with Gasteiger partial charge in [0.05, 0.1) is 0 Å². The van der Waals surface area contributed by atoms with E-state index < -0.39 is 23.8 Å². The fraction of sp³-hybridized carbons (Fsp3) is 0.0588. The van der Waals surface area contributed by atoms with Gasteiger partial charge in [0.1, 0.15) is 0 Å². The largest absolute Gasteiger partial charge is 0.377 e. The van der Waals surface area contributed by atoms with E-state index in [2.05, 4.69) is 457 Å². The molecule has 0 spiro atoms. The smallest absolute Gasteiger partial charge is 0.0447 e. The van der Waals surface area contributed by atoms with Crippen LogP contribution in [0.2, 0.25) is 0 Å². The third kappa shape index (κ3) is 14.2. The average Bonchev–Trinajstić information content (AvgIpc) is 0.758. The second-order valence-corrected chi connectivity index (χ2v) is 34.3.